The molecule has 0 bridgehead atoms. The van der Waals surface area contributed by atoms with Gasteiger partial charge in [-0.15, -0.1) is 5.10 Å². The molecule has 0 aliphatic carbocycles. The smallest absolute Gasteiger partial charge is 0.265 e. The maximum atomic E-state index is 12.0. The molecule has 0 saturated heterocycles. The van der Waals surface area contributed by atoms with E-state index in [0.717, 1.165) is 17.2 Å². The fourth-order valence-electron chi connectivity index (χ4n) is 1.31. The predicted molar refractivity (Wildman–Crippen MR) is 70.9 cm³/mol. The number of carbonyl (C=O) groups is 1. The van der Waals surface area contributed by atoms with Gasteiger partial charge in [0, 0.05) is 12.4 Å². The summed E-state index contributed by atoms with van der Waals surface area (Å²) in [5.74, 6) is 0.0598. The van der Waals surface area contributed by atoms with Crippen molar-refractivity contribution in [2.45, 2.75) is 25.8 Å². The Bertz CT molecular complexity index is 370. The molecule has 1 aromatic heterocycles. The van der Waals surface area contributed by atoms with Crippen molar-refractivity contribution in [3.63, 3.8) is 0 Å². The number of alkyl halides is 1. The van der Waals surface area contributed by atoms with Crippen molar-refractivity contribution < 1.29 is 9.53 Å². The Labute approximate surface area is 113 Å². The maximum Gasteiger partial charge on any atom is 0.265 e. The number of halogens is 1. The normalized spacial score (nSPS) is 12.8. The van der Waals surface area contributed by atoms with E-state index in [4.69, 9.17) is 4.74 Å². The molecule has 5 nitrogen and oxygen atoms in total. The average Bonchev–Trinajstić information content (AvgIpc) is 2.77. The molecule has 0 fully saturated rings. The minimum Gasteiger partial charge on any atom is -0.383 e. The number of hydrogen-bond acceptors (Lipinski definition) is 5. The number of methoxy groups -OCH3 is 1. The van der Waals surface area contributed by atoms with E-state index in [1.807, 2.05) is 13.8 Å². The van der Waals surface area contributed by atoms with E-state index >= 15 is 0 Å². The van der Waals surface area contributed by atoms with Gasteiger partial charge in [-0.3, -0.25) is 4.79 Å². The van der Waals surface area contributed by atoms with Gasteiger partial charge in [0.05, 0.1) is 18.3 Å². The Kier molecular flexibility index (Phi) is 6.01. The highest BCUT2D eigenvalue weighted by molar-refractivity contribution is 9.09. The van der Waals surface area contributed by atoms with Gasteiger partial charge in [0.25, 0.3) is 5.91 Å². The Hall–Kier alpha value is -0.530. The lowest BCUT2D eigenvalue weighted by atomic mass is 10.1. The fraction of sp³-hybridized carbons (Fsp3) is 0.700. The van der Waals surface area contributed by atoms with Crippen LogP contribution in [0.3, 0.4) is 0 Å². The van der Waals surface area contributed by atoms with E-state index in [0.29, 0.717) is 16.8 Å². The molecular weight excluding hydrogens is 306 g/mol. The van der Waals surface area contributed by atoms with Crippen LogP contribution in [0.5, 0.6) is 0 Å². The van der Waals surface area contributed by atoms with Crippen LogP contribution in [0.4, 0.5) is 0 Å². The van der Waals surface area contributed by atoms with Crippen LogP contribution in [0.15, 0.2) is 0 Å². The number of aromatic nitrogens is 2. The third kappa shape index (κ3) is 4.01. The van der Waals surface area contributed by atoms with Crippen molar-refractivity contribution in [2.75, 3.05) is 19.0 Å². The Morgan fingerprint density at radius 1 is 1.59 bits per heavy atom. The van der Waals surface area contributed by atoms with Crippen LogP contribution in [0.25, 0.3) is 0 Å². The zero-order valence-corrected chi connectivity index (χ0v) is 12.5. The summed E-state index contributed by atoms with van der Waals surface area (Å²) in [5, 5.41) is 7.51. The SMILES string of the molecule is COCC(CBr)NC(=O)c1snnc1C(C)C. The quantitative estimate of drug-likeness (QED) is 0.811. The van der Waals surface area contributed by atoms with E-state index in [-0.39, 0.29) is 17.9 Å². The van der Waals surface area contributed by atoms with Crippen molar-refractivity contribution in [1.29, 1.82) is 0 Å². The van der Waals surface area contributed by atoms with Gasteiger partial charge in [0.1, 0.15) is 4.88 Å². The minimum atomic E-state index is -0.134. The summed E-state index contributed by atoms with van der Waals surface area (Å²) in [6, 6.07) is -0.0467. The molecule has 0 spiro atoms. The van der Waals surface area contributed by atoms with Crippen molar-refractivity contribution in [1.82, 2.24) is 14.9 Å². The second-order valence-electron chi connectivity index (χ2n) is 3.92. The van der Waals surface area contributed by atoms with Crippen LogP contribution < -0.4 is 5.32 Å². The Morgan fingerprint density at radius 2 is 2.29 bits per heavy atom. The largest absolute Gasteiger partial charge is 0.383 e. The van der Waals surface area contributed by atoms with E-state index in [2.05, 4.69) is 30.8 Å². The van der Waals surface area contributed by atoms with Crippen LogP contribution in [0.2, 0.25) is 0 Å². The highest BCUT2D eigenvalue weighted by atomic mass is 79.9. The summed E-state index contributed by atoms with van der Waals surface area (Å²) in [4.78, 5) is 12.6. The fourth-order valence-corrected chi connectivity index (χ4v) is 2.38. The third-order valence-corrected chi connectivity index (χ3v) is 3.68. The first-order valence-electron chi connectivity index (χ1n) is 5.28. The molecule has 1 aromatic rings. The first kappa shape index (κ1) is 14.5. The Balaban J connectivity index is 2.72. The molecule has 1 N–H and O–H groups in total. The number of amides is 1. The molecule has 0 radical (unpaired) electrons. The molecule has 0 aliphatic rings. The number of hydrogen-bond donors (Lipinski definition) is 1. The predicted octanol–water partition coefficient (Wildman–Crippen LogP) is 1.80. The molecule has 1 amide bonds. The van der Waals surface area contributed by atoms with Gasteiger partial charge >= 0.3 is 0 Å². The minimum absolute atomic E-state index is 0.0467. The van der Waals surface area contributed by atoms with Gasteiger partial charge in [0.2, 0.25) is 0 Å². The molecule has 96 valence electrons. The lowest BCUT2D eigenvalue weighted by molar-refractivity contribution is 0.0910. The number of nitrogens with one attached hydrogen (secondary N) is 1. The molecule has 1 unspecified atom stereocenters. The van der Waals surface area contributed by atoms with E-state index in [1.165, 1.54) is 0 Å². The van der Waals surface area contributed by atoms with Crippen LogP contribution in [-0.4, -0.2) is 40.6 Å². The molecule has 0 aliphatic heterocycles. The summed E-state index contributed by atoms with van der Waals surface area (Å²) >= 11 is 4.46. The highest BCUT2D eigenvalue weighted by Gasteiger charge is 2.20. The molecule has 7 heteroatoms. The van der Waals surface area contributed by atoms with Crippen LogP contribution in [-0.2, 0) is 4.74 Å². The van der Waals surface area contributed by atoms with Crippen molar-refractivity contribution in [3.8, 4) is 0 Å². The zero-order chi connectivity index (χ0) is 12.8. The Morgan fingerprint density at radius 3 is 2.82 bits per heavy atom. The van der Waals surface area contributed by atoms with Crippen molar-refractivity contribution >= 4 is 33.4 Å². The number of ether oxygens (including phenoxy) is 1. The number of carbonyl (C=O) groups excluding carboxylic acids is 1. The molecule has 1 rings (SSSR count). The second kappa shape index (κ2) is 7.03. The van der Waals surface area contributed by atoms with Gasteiger partial charge in [-0.25, -0.2) is 0 Å². The third-order valence-electron chi connectivity index (χ3n) is 2.16. The van der Waals surface area contributed by atoms with E-state index in [1.54, 1.807) is 7.11 Å². The van der Waals surface area contributed by atoms with E-state index < -0.39 is 0 Å². The lowest BCUT2D eigenvalue weighted by Gasteiger charge is -2.14. The van der Waals surface area contributed by atoms with Crippen LogP contribution in [0, 0.1) is 0 Å². The van der Waals surface area contributed by atoms with Crippen molar-refractivity contribution in [3.05, 3.63) is 10.6 Å². The van der Waals surface area contributed by atoms with Gasteiger partial charge in [-0.2, -0.15) is 0 Å². The lowest BCUT2D eigenvalue weighted by Crippen LogP contribution is -2.39. The summed E-state index contributed by atoms with van der Waals surface area (Å²) in [5.41, 5.74) is 0.748. The van der Waals surface area contributed by atoms with Gasteiger partial charge in [-0.1, -0.05) is 34.3 Å². The van der Waals surface area contributed by atoms with Gasteiger partial charge in [-0.05, 0) is 17.5 Å². The molecule has 0 aromatic carbocycles. The molecule has 1 heterocycles. The zero-order valence-electron chi connectivity index (χ0n) is 10.1. The van der Waals surface area contributed by atoms with Gasteiger partial charge in [0.15, 0.2) is 0 Å². The molecular formula is C10H16BrN3O2S. The number of nitrogens with zero attached hydrogens (tertiary/aromatic N) is 2. The molecule has 17 heavy (non-hydrogen) atoms. The van der Waals surface area contributed by atoms with Crippen molar-refractivity contribution in [2.24, 2.45) is 0 Å². The molecule has 0 saturated carbocycles. The second-order valence-corrected chi connectivity index (χ2v) is 5.32. The van der Waals surface area contributed by atoms with Crippen LogP contribution >= 0.6 is 27.5 Å². The average molecular weight is 322 g/mol. The number of rotatable bonds is 6. The molecule has 1 atom stereocenters. The summed E-state index contributed by atoms with van der Waals surface area (Å²) < 4.78 is 8.85. The standard InChI is InChI=1S/C10H16BrN3O2S/c1-6(2)8-9(17-14-13-8)10(15)12-7(4-11)5-16-3/h6-7H,4-5H2,1-3H3,(H,12,15). The summed E-state index contributed by atoms with van der Waals surface area (Å²) in [6.45, 7) is 4.45. The first-order valence-corrected chi connectivity index (χ1v) is 7.17. The summed E-state index contributed by atoms with van der Waals surface area (Å²) in [6.07, 6.45) is 0. The summed E-state index contributed by atoms with van der Waals surface area (Å²) in [7, 11) is 1.61. The monoisotopic (exact) mass is 321 g/mol. The van der Waals surface area contributed by atoms with Crippen LogP contribution in [0.1, 0.15) is 35.1 Å². The first-order chi connectivity index (χ1) is 8.10. The topological polar surface area (TPSA) is 64.1 Å². The van der Waals surface area contributed by atoms with Gasteiger partial charge < -0.3 is 10.1 Å². The maximum absolute atomic E-state index is 12.0. The highest BCUT2D eigenvalue weighted by Crippen LogP contribution is 2.19. The van der Waals surface area contributed by atoms with E-state index in [9.17, 15) is 4.79 Å².